The fourth-order valence-corrected chi connectivity index (χ4v) is 3.26. The Hall–Kier alpha value is -1.02. The molecule has 112 valence electrons. The van der Waals surface area contributed by atoms with Crippen molar-refractivity contribution >= 4 is 0 Å². The molecule has 3 atom stereocenters. The van der Waals surface area contributed by atoms with Crippen molar-refractivity contribution < 1.29 is 4.74 Å². The predicted molar refractivity (Wildman–Crippen MR) is 85.2 cm³/mol. The first kappa shape index (κ1) is 15.4. The van der Waals surface area contributed by atoms with Crippen molar-refractivity contribution in [1.29, 1.82) is 0 Å². The first-order valence-electron chi connectivity index (χ1n) is 8.23. The van der Waals surface area contributed by atoms with E-state index in [2.05, 4.69) is 50.4 Å². The average Bonchev–Trinajstić information content (AvgIpc) is 2.48. The lowest BCUT2D eigenvalue weighted by atomic mass is 9.85. The van der Waals surface area contributed by atoms with Gasteiger partial charge < -0.3 is 10.1 Å². The van der Waals surface area contributed by atoms with E-state index in [4.69, 9.17) is 4.74 Å². The summed E-state index contributed by atoms with van der Waals surface area (Å²) in [5.74, 6) is 1.93. The summed E-state index contributed by atoms with van der Waals surface area (Å²) in [4.78, 5) is 0. The fourth-order valence-electron chi connectivity index (χ4n) is 3.26. The molecule has 1 aliphatic carbocycles. The predicted octanol–water partition coefficient (Wildman–Crippen LogP) is 4.70. The lowest BCUT2D eigenvalue weighted by Gasteiger charge is -2.30. The number of hydrogen-bond donors (Lipinski definition) is 1. The van der Waals surface area contributed by atoms with Crippen LogP contribution in [0.5, 0.6) is 5.75 Å². The van der Waals surface area contributed by atoms with Crippen LogP contribution in [0.25, 0.3) is 0 Å². The van der Waals surface area contributed by atoms with Gasteiger partial charge in [0.1, 0.15) is 5.75 Å². The summed E-state index contributed by atoms with van der Waals surface area (Å²) in [6, 6.07) is 8.84. The molecule has 1 aliphatic rings. The molecule has 0 aliphatic heterocycles. The summed E-state index contributed by atoms with van der Waals surface area (Å²) in [6.07, 6.45) is 6.82. The number of hydrogen-bond acceptors (Lipinski definition) is 2. The second-order valence-corrected chi connectivity index (χ2v) is 6.00. The molecule has 0 amide bonds. The molecule has 1 saturated carbocycles. The van der Waals surface area contributed by atoms with Crippen molar-refractivity contribution in [1.82, 2.24) is 5.32 Å². The van der Waals surface area contributed by atoms with E-state index in [9.17, 15) is 0 Å². The van der Waals surface area contributed by atoms with Crippen LogP contribution in [0.15, 0.2) is 24.3 Å². The third-order valence-electron chi connectivity index (χ3n) is 4.50. The minimum atomic E-state index is 0.349. The molecule has 0 bridgehead atoms. The molecule has 0 aromatic heterocycles. The molecule has 1 N–H and O–H groups in total. The Balaban J connectivity index is 2.05. The van der Waals surface area contributed by atoms with E-state index in [1.165, 1.54) is 37.7 Å². The summed E-state index contributed by atoms with van der Waals surface area (Å²) in [5, 5.41) is 3.48. The maximum Gasteiger partial charge on any atom is 0.124 e. The lowest BCUT2D eigenvalue weighted by Crippen LogP contribution is -2.26. The summed E-state index contributed by atoms with van der Waals surface area (Å²) in [5.41, 5.74) is 1.29. The number of benzene rings is 1. The Bertz CT molecular complexity index is 404. The third kappa shape index (κ3) is 3.99. The largest absolute Gasteiger partial charge is 0.490 e. The van der Waals surface area contributed by atoms with Crippen LogP contribution in [0.3, 0.4) is 0 Å². The van der Waals surface area contributed by atoms with Gasteiger partial charge in [0.25, 0.3) is 0 Å². The highest BCUT2D eigenvalue weighted by Crippen LogP contribution is 2.32. The van der Waals surface area contributed by atoms with Crippen LogP contribution in [0, 0.1) is 5.92 Å². The molecule has 1 fully saturated rings. The van der Waals surface area contributed by atoms with Crippen molar-refractivity contribution in [3.05, 3.63) is 29.8 Å². The minimum Gasteiger partial charge on any atom is -0.490 e. The smallest absolute Gasteiger partial charge is 0.124 e. The molecule has 0 spiro atoms. The zero-order valence-corrected chi connectivity index (χ0v) is 13.2. The van der Waals surface area contributed by atoms with Crippen LogP contribution in [-0.2, 0) is 0 Å². The maximum atomic E-state index is 6.35. The standard InChI is InChI=1S/C18H29NO/c1-4-15-9-8-10-16(13-15)20-18-12-7-6-11-17(18)14(3)19-5-2/h6-7,11-12,14-16,19H,4-5,8-10,13H2,1-3H3. The molecule has 0 heterocycles. The van der Waals surface area contributed by atoms with Crippen molar-refractivity contribution in [2.24, 2.45) is 5.92 Å². The Labute approximate surface area is 123 Å². The van der Waals surface area contributed by atoms with Gasteiger partial charge in [-0.25, -0.2) is 0 Å². The molecule has 2 nitrogen and oxygen atoms in total. The Morgan fingerprint density at radius 1 is 1.25 bits per heavy atom. The van der Waals surface area contributed by atoms with Gasteiger partial charge in [-0.05, 0) is 44.7 Å². The van der Waals surface area contributed by atoms with Crippen molar-refractivity contribution in [2.45, 2.75) is 65.0 Å². The molecule has 2 rings (SSSR count). The second kappa shape index (κ2) is 7.68. The normalized spacial score (nSPS) is 24.4. The molecule has 1 aromatic rings. The monoisotopic (exact) mass is 275 g/mol. The van der Waals surface area contributed by atoms with E-state index in [0.717, 1.165) is 18.2 Å². The Morgan fingerprint density at radius 3 is 2.80 bits per heavy atom. The summed E-state index contributed by atoms with van der Waals surface area (Å²) in [6.45, 7) is 7.64. The molecular formula is C18H29NO. The minimum absolute atomic E-state index is 0.349. The van der Waals surface area contributed by atoms with Crippen LogP contribution in [0.1, 0.15) is 64.5 Å². The number of ether oxygens (including phenoxy) is 1. The van der Waals surface area contributed by atoms with E-state index in [1.807, 2.05) is 0 Å². The Morgan fingerprint density at radius 2 is 2.05 bits per heavy atom. The molecule has 1 aromatic carbocycles. The van der Waals surface area contributed by atoms with Gasteiger partial charge in [0.15, 0.2) is 0 Å². The first-order chi connectivity index (χ1) is 9.74. The fraction of sp³-hybridized carbons (Fsp3) is 0.667. The number of nitrogens with one attached hydrogen (secondary N) is 1. The number of para-hydroxylation sites is 1. The van der Waals surface area contributed by atoms with Crippen LogP contribution in [0.2, 0.25) is 0 Å². The maximum absolute atomic E-state index is 6.35. The molecule has 0 radical (unpaired) electrons. The quantitative estimate of drug-likeness (QED) is 0.812. The lowest BCUT2D eigenvalue weighted by molar-refractivity contribution is 0.120. The Kier molecular flexibility index (Phi) is 5.90. The molecule has 0 saturated heterocycles. The average molecular weight is 275 g/mol. The highest BCUT2D eigenvalue weighted by molar-refractivity contribution is 5.35. The zero-order valence-electron chi connectivity index (χ0n) is 13.2. The molecule has 20 heavy (non-hydrogen) atoms. The molecular weight excluding hydrogens is 246 g/mol. The topological polar surface area (TPSA) is 21.3 Å². The van der Waals surface area contributed by atoms with Gasteiger partial charge in [-0.15, -0.1) is 0 Å². The van der Waals surface area contributed by atoms with Gasteiger partial charge in [-0.1, -0.05) is 44.9 Å². The van der Waals surface area contributed by atoms with E-state index in [0.29, 0.717) is 12.1 Å². The molecule has 3 unspecified atom stereocenters. The van der Waals surface area contributed by atoms with Gasteiger partial charge in [0.05, 0.1) is 6.10 Å². The van der Waals surface area contributed by atoms with Gasteiger partial charge in [-0.2, -0.15) is 0 Å². The van der Waals surface area contributed by atoms with Crippen LogP contribution in [-0.4, -0.2) is 12.6 Å². The van der Waals surface area contributed by atoms with Gasteiger partial charge in [0, 0.05) is 11.6 Å². The van der Waals surface area contributed by atoms with Gasteiger partial charge in [0.2, 0.25) is 0 Å². The third-order valence-corrected chi connectivity index (χ3v) is 4.50. The van der Waals surface area contributed by atoms with Crippen molar-refractivity contribution in [3.8, 4) is 5.75 Å². The van der Waals surface area contributed by atoms with Gasteiger partial charge in [-0.3, -0.25) is 0 Å². The van der Waals surface area contributed by atoms with Crippen molar-refractivity contribution in [2.75, 3.05) is 6.54 Å². The molecule has 2 heteroatoms. The highest BCUT2D eigenvalue weighted by atomic mass is 16.5. The van der Waals surface area contributed by atoms with E-state index >= 15 is 0 Å². The summed E-state index contributed by atoms with van der Waals surface area (Å²) >= 11 is 0. The summed E-state index contributed by atoms with van der Waals surface area (Å²) in [7, 11) is 0. The van der Waals surface area contributed by atoms with Crippen LogP contribution in [0.4, 0.5) is 0 Å². The first-order valence-corrected chi connectivity index (χ1v) is 8.23. The second-order valence-electron chi connectivity index (χ2n) is 6.00. The SMILES string of the molecule is CCNC(C)c1ccccc1OC1CCCC(CC)C1. The van der Waals surface area contributed by atoms with E-state index in [1.54, 1.807) is 0 Å². The highest BCUT2D eigenvalue weighted by Gasteiger charge is 2.23. The van der Waals surface area contributed by atoms with Crippen LogP contribution >= 0.6 is 0 Å². The zero-order chi connectivity index (χ0) is 14.4. The van der Waals surface area contributed by atoms with E-state index in [-0.39, 0.29) is 0 Å². The summed E-state index contributed by atoms with van der Waals surface area (Å²) < 4.78 is 6.35. The van der Waals surface area contributed by atoms with Crippen molar-refractivity contribution in [3.63, 3.8) is 0 Å². The van der Waals surface area contributed by atoms with Gasteiger partial charge >= 0.3 is 0 Å². The van der Waals surface area contributed by atoms with Crippen LogP contribution < -0.4 is 10.1 Å². The number of rotatable bonds is 6. The van der Waals surface area contributed by atoms with E-state index < -0.39 is 0 Å².